The predicted molar refractivity (Wildman–Crippen MR) is 64.2 cm³/mol. The zero-order valence-electron chi connectivity index (χ0n) is 9.24. The Morgan fingerprint density at radius 2 is 2.21 bits per heavy atom. The summed E-state index contributed by atoms with van der Waals surface area (Å²) in [5, 5.41) is 0. The van der Waals surface area contributed by atoms with Gasteiger partial charge in [-0.3, -0.25) is 0 Å². The van der Waals surface area contributed by atoms with Crippen LogP contribution in [0.5, 0.6) is 0 Å². The summed E-state index contributed by atoms with van der Waals surface area (Å²) < 4.78 is 5.60. The van der Waals surface area contributed by atoms with E-state index in [1.165, 1.54) is 38.6 Å². The topological polar surface area (TPSA) is 12.5 Å². The fraction of sp³-hybridized carbons (Fsp3) is 1.00. The third kappa shape index (κ3) is 5.23. The summed E-state index contributed by atoms with van der Waals surface area (Å²) in [5.74, 6) is 1.02. The monoisotopic (exact) mass is 217 g/mol. The number of nitrogens with zero attached hydrogens (tertiary/aromatic N) is 1. The standard InChI is InChI=1S/C11H23NOS/c1-12(7-3-2-4-9-14)10-11-6-5-8-13-11/h11,14H,2-10H2,1H3. The van der Waals surface area contributed by atoms with E-state index < -0.39 is 0 Å². The number of hydrogen-bond acceptors (Lipinski definition) is 3. The summed E-state index contributed by atoms with van der Waals surface area (Å²) in [6.45, 7) is 3.28. The molecule has 2 nitrogen and oxygen atoms in total. The molecular formula is C11H23NOS. The van der Waals surface area contributed by atoms with E-state index in [1.807, 2.05) is 0 Å². The van der Waals surface area contributed by atoms with Crippen LogP contribution >= 0.6 is 12.6 Å². The van der Waals surface area contributed by atoms with Gasteiger partial charge >= 0.3 is 0 Å². The van der Waals surface area contributed by atoms with E-state index in [0.29, 0.717) is 6.10 Å². The summed E-state index contributed by atoms with van der Waals surface area (Å²) in [6, 6.07) is 0. The zero-order chi connectivity index (χ0) is 10.2. The third-order valence-electron chi connectivity index (χ3n) is 2.74. The molecule has 1 aliphatic heterocycles. The Bertz CT molecular complexity index is 137. The molecule has 0 amide bonds. The predicted octanol–water partition coefficient (Wildman–Crippen LogP) is 2.20. The lowest BCUT2D eigenvalue weighted by Crippen LogP contribution is -2.29. The second-order valence-corrected chi connectivity index (χ2v) is 4.63. The molecule has 0 spiro atoms. The minimum absolute atomic E-state index is 0.505. The Balaban J connectivity index is 1.95. The van der Waals surface area contributed by atoms with Crippen molar-refractivity contribution in [3.05, 3.63) is 0 Å². The van der Waals surface area contributed by atoms with Crippen molar-refractivity contribution in [2.45, 2.75) is 38.2 Å². The maximum absolute atomic E-state index is 5.60. The molecule has 0 aliphatic carbocycles. The van der Waals surface area contributed by atoms with Crippen LogP contribution in [0.15, 0.2) is 0 Å². The molecule has 0 aromatic rings. The van der Waals surface area contributed by atoms with Crippen LogP contribution in [0.2, 0.25) is 0 Å². The Kier molecular flexibility index (Phi) is 6.65. The highest BCUT2D eigenvalue weighted by molar-refractivity contribution is 7.80. The summed E-state index contributed by atoms with van der Waals surface area (Å²) >= 11 is 4.21. The van der Waals surface area contributed by atoms with Gasteiger partial charge in [0.2, 0.25) is 0 Å². The largest absolute Gasteiger partial charge is 0.377 e. The van der Waals surface area contributed by atoms with Crippen LogP contribution < -0.4 is 0 Å². The van der Waals surface area contributed by atoms with Crippen molar-refractivity contribution in [1.29, 1.82) is 0 Å². The molecule has 1 rings (SSSR count). The lowest BCUT2D eigenvalue weighted by molar-refractivity contribution is 0.0808. The molecule has 0 aromatic heterocycles. The number of thiol groups is 1. The van der Waals surface area contributed by atoms with Crippen LogP contribution in [0.4, 0.5) is 0 Å². The molecule has 1 saturated heterocycles. The van der Waals surface area contributed by atoms with Gasteiger partial charge in [-0.25, -0.2) is 0 Å². The zero-order valence-corrected chi connectivity index (χ0v) is 10.1. The number of rotatable bonds is 7. The van der Waals surface area contributed by atoms with Gasteiger partial charge in [-0.05, 0) is 45.0 Å². The van der Waals surface area contributed by atoms with Crippen molar-refractivity contribution in [3.8, 4) is 0 Å². The first kappa shape index (κ1) is 12.3. The molecule has 0 radical (unpaired) electrons. The van der Waals surface area contributed by atoms with E-state index in [0.717, 1.165) is 18.9 Å². The first-order chi connectivity index (χ1) is 6.83. The molecule has 1 fully saturated rings. The quantitative estimate of drug-likeness (QED) is 0.518. The molecule has 0 saturated carbocycles. The van der Waals surface area contributed by atoms with Crippen molar-refractivity contribution in [2.75, 3.05) is 32.5 Å². The molecule has 84 valence electrons. The summed E-state index contributed by atoms with van der Waals surface area (Å²) in [6.07, 6.45) is 6.85. The van der Waals surface area contributed by atoms with Crippen LogP contribution in [0.3, 0.4) is 0 Å². The molecule has 0 N–H and O–H groups in total. The Labute approximate surface area is 93.4 Å². The van der Waals surface area contributed by atoms with E-state index in [2.05, 4.69) is 24.6 Å². The van der Waals surface area contributed by atoms with E-state index >= 15 is 0 Å². The normalized spacial score (nSPS) is 22.1. The average Bonchev–Trinajstić information content (AvgIpc) is 2.65. The lowest BCUT2D eigenvalue weighted by Gasteiger charge is -2.20. The van der Waals surface area contributed by atoms with Gasteiger partial charge in [-0.2, -0.15) is 12.6 Å². The van der Waals surface area contributed by atoms with Crippen molar-refractivity contribution in [1.82, 2.24) is 4.90 Å². The highest BCUT2D eigenvalue weighted by Crippen LogP contribution is 2.12. The summed E-state index contributed by atoms with van der Waals surface area (Å²) in [4.78, 5) is 2.40. The number of likely N-dealkylation sites (N-methyl/N-ethyl adjacent to an activating group) is 1. The third-order valence-corrected chi connectivity index (χ3v) is 3.05. The molecule has 3 heteroatoms. The van der Waals surface area contributed by atoms with Crippen molar-refractivity contribution in [2.24, 2.45) is 0 Å². The smallest absolute Gasteiger partial charge is 0.0702 e. The van der Waals surface area contributed by atoms with E-state index in [4.69, 9.17) is 4.74 Å². The van der Waals surface area contributed by atoms with Gasteiger partial charge in [0.1, 0.15) is 0 Å². The van der Waals surface area contributed by atoms with Crippen LogP contribution in [-0.4, -0.2) is 43.5 Å². The van der Waals surface area contributed by atoms with Crippen LogP contribution in [-0.2, 0) is 4.74 Å². The fourth-order valence-corrected chi connectivity index (χ4v) is 2.12. The maximum atomic E-state index is 5.60. The second kappa shape index (κ2) is 7.55. The van der Waals surface area contributed by atoms with Gasteiger partial charge < -0.3 is 9.64 Å². The van der Waals surface area contributed by atoms with Gasteiger partial charge in [0, 0.05) is 13.2 Å². The molecule has 1 aliphatic rings. The van der Waals surface area contributed by atoms with Gasteiger partial charge in [0.15, 0.2) is 0 Å². The van der Waals surface area contributed by atoms with Crippen LogP contribution in [0.25, 0.3) is 0 Å². The molecule has 1 atom stereocenters. The first-order valence-corrected chi connectivity index (χ1v) is 6.37. The fourth-order valence-electron chi connectivity index (χ4n) is 1.90. The number of unbranched alkanes of at least 4 members (excludes halogenated alkanes) is 2. The molecule has 0 bridgehead atoms. The molecule has 1 heterocycles. The number of ether oxygens (including phenoxy) is 1. The summed E-state index contributed by atoms with van der Waals surface area (Å²) in [7, 11) is 2.20. The van der Waals surface area contributed by atoms with Gasteiger partial charge in [0.25, 0.3) is 0 Å². The average molecular weight is 217 g/mol. The van der Waals surface area contributed by atoms with Crippen molar-refractivity contribution in [3.63, 3.8) is 0 Å². The van der Waals surface area contributed by atoms with Crippen LogP contribution in [0.1, 0.15) is 32.1 Å². The van der Waals surface area contributed by atoms with E-state index in [1.54, 1.807) is 0 Å². The molecule has 0 aromatic carbocycles. The summed E-state index contributed by atoms with van der Waals surface area (Å²) in [5.41, 5.74) is 0. The minimum Gasteiger partial charge on any atom is -0.377 e. The Morgan fingerprint density at radius 3 is 2.86 bits per heavy atom. The molecule has 14 heavy (non-hydrogen) atoms. The van der Waals surface area contributed by atoms with E-state index in [-0.39, 0.29) is 0 Å². The Hall–Kier alpha value is 0.270. The Morgan fingerprint density at radius 1 is 1.36 bits per heavy atom. The van der Waals surface area contributed by atoms with Crippen molar-refractivity contribution < 1.29 is 4.74 Å². The number of hydrogen-bond donors (Lipinski definition) is 1. The van der Waals surface area contributed by atoms with E-state index in [9.17, 15) is 0 Å². The lowest BCUT2D eigenvalue weighted by atomic mass is 10.2. The van der Waals surface area contributed by atoms with Gasteiger partial charge in [-0.1, -0.05) is 6.42 Å². The molecular weight excluding hydrogens is 194 g/mol. The maximum Gasteiger partial charge on any atom is 0.0702 e. The van der Waals surface area contributed by atoms with Crippen molar-refractivity contribution >= 4 is 12.6 Å². The SMILES string of the molecule is CN(CCCCCS)CC1CCCO1. The van der Waals surface area contributed by atoms with Gasteiger partial charge in [0.05, 0.1) is 6.10 Å². The van der Waals surface area contributed by atoms with Crippen LogP contribution in [0, 0.1) is 0 Å². The first-order valence-electron chi connectivity index (χ1n) is 5.74. The van der Waals surface area contributed by atoms with Gasteiger partial charge in [-0.15, -0.1) is 0 Å². The second-order valence-electron chi connectivity index (χ2n) is 4.18. The highest BCUT2D eigenvalue weighted by atomic mass is 32.1. The molecule has 1 unspecified atom stereocenters. The highest BCUT2D eigenvalue weighted by Gasteiger charge is 2.16. The minimum atomic E-state index is 0.505.